The topological polar surface area (TPSA) is 89.3 Å². The van der Waals surface area contributed by atoms with Gasteiger partial charge in [0.1, 0.15) is 0 Å². The third kappa shape index (κ3) is 4.55. The van der Waals surface area contributed by atoms with Crippen LogP contribution in [0.5, 0.6) is 0 Å². The van der Waals surface area contributed by atoms with Crippen molar-refractivity contribution in [2.75, 3.05) is 12.3 Å². The molecule has 0 aliphatic heterocycles. The summed E-state index contributed by atoms with van der Waals surface area (Å²) in [5, 5.41) is 2.70. The van der Waals surface area contributed by atoms with Crippen LogP contribution in [-0.2, 0) is 27.5 Å². The average molecular weight is 324 g/mol. The van der Waals surface area contributed by atoms with Gasteiger partial charge >= 0.3 is 0 Å². The monoisotopic (exact) mass is 324 g/mol. The van der Waals surface area contributed by atoms with Gasteiger partial charge in [0.25, 0.3) is 0 Å². The summed E-state index contributed by atoms with van der Waals surface area (Å²) in [7, 11) is -3.40. The van der Waals surface area contributed by atoms with E-state index in [0.717, 1.165) is 24.8 Å². The molecule has 0 bridgehead atoms. The van der Waals surface area contributed by atoms with Crippen LogP contribution in [0.4, 0.5) is 0 Å². The molecule has 5 nitrogen and oxygen atoms in total. The molecule has 0 aromatic heterocycles. The molecule has 1 aliphatic carbocycles. The van der Waals surface area contributed by atoms with Crippen molar-refractivity contribution in [3.63, 3.8) is 0 Å². The second kappa shape index (κ2) is 7.24. The van der Waals surface area contributed by atoms with Crippen molar-refractivity contribution < 1.29 is 13.2 Å². The van der Waals surface area contributed by atoms with Crippen molar-refractivity contribution in [3.8, 4) is 0 Å². The second-order valence-electron chi connectivity index (χ2n) is 5.97. The zero-order valence-corrected chi connectivity index (χ0v) is 13.8. The predicted molar refractivity (Wildman–Crippen MR) is 86.4 cm³/mol. The van der Waals surface area contributed by atoms with E-state index < -0.39 is 9.84 Å². The van der Waals surface area contributed by atoms with Gasteiger partial charge in [-0.15, -0.1) is 0 Å². The van der Waals surface area contributed by atoms with Gasteiger partial charge in [-0.25, -0.2) is 8.42 Å². The molecule has 0 spiro atoms. The zero-order valence-electron chi connectivity index (χ0n) is 13.0. The molecule has 1 unspecified atom stereocenters. The van der Waals surface area contributed by atoms with Gasteiger partial charge in [-0.2, -0.15) is 0 Å². The molecule has 0 saturated heterocycles. The lowest BCUT2D eigenvalue weighted by Gasteiger charge is -2.09. The SMILES string of the molecule is CC(N)CCNC(=O)CCS(=O)(=O)c1ccc2c(c1)CCC2. The van der Waals surface area contributed by atoms with Crippen LogP contribution in [-0.4, -0.2) is 32.7 Å². The Morgan fingerprint density at radius 2 is 2.05 bits per heavy atom. The largest absolute Gasteiger partial charge is 0.356 e. The highest BCUT2D eigenvalue weighted by atomic mass is 32.2. The van der Waals surface area contributed by atoms with E-state index >= 15 is 0 Å². The molecular weight excluding hydrogens is 300 g/mol. The molecule has 1 aromatic rings. The highest BCUT2D eigenvalue weighted by Gasteiger charge is 2.19. The van der Waals surface area contributed by atoms with E-state index in [1.165, 1.54) is 5.56 Å². The van der Waals surface area contributed by atoms with Gasteiger partial charge in [-0.05, 0) is 55.9 Å². The van der Waals surface area contributed by atoms with E-state index in [4.69, 9.17) is 5.73 Å². The number of benzene rings is 1. The van der Waals surface area contributed by atoms with Crippen LogP contribution < -0.4 is 11.1 Å². The van der Waals surface area contributed by atoms with Crippen LogP contribution in [0.25, 0.3) is 0 Å². The summed E-state index contributed by atoms with van der Waals surface area (Å²) in [5.41, 5.74) is 7.97. The fraction of sp³-hybridized carbons (Fsp3) is 0.562. The number of aryl methyl sites for hydroxylation is 2. The summed E-state index contributed by atoms with van der Waals surface area (Å²) in [6.45, 7) is 2.35. The first kappa shape index (κ1) is 17.0. The van der Waals surface area contributed by atoms with Gasteiger partial charge in [0, 0.05) is 19.0 Å². The first-order valence-corrected chi connectivity index (χ1v) is 9.40. The molecule has 1 aromatic carbocycles. The van der Waals surface area contributed by atoms with Crippen LogP contribution in [0.15, 0.2) is 23.1 Å². The van der Waals surface area contributed by atoms with Crippen molar-refractivity contribution in [2.24, 2.45) is 5.73 Å². The van der Waals surface area contributed by atoms with Crippen LogP contribution >= 0.6 is 0 Å². The molecule has 0 fully saturated rings. The van der Waals surface area contributed by atoms with Crippen LogP contribution in [0.2, 0.25) is 0 Å². The van der Waals surface area contributed by atoms with Gasteiger partial charge < -0.3 is 11.1 Å². The summed E-state index contributed by atoms with van der Waals surface area (Å²) >= 11 is 0. The Labute approximate surface area is 132 Å². The number of hydrogen-bond donors (Lipinski definition) is 2. The van der Waals surface area contributed by atoms with Gasteiger partial charge in [0.05, 0.1) is 10.6 Å². The number of sulfone groups is 1. The summed E-state index contributed by atoms with van der Waals surface area (Å²) in [4.78, 5) is 12.0. The Hall–Kier alpha value is -1.40. The lowest BCUT2D eigenvalue weighted by Crippen LogP contribution is -2.30. The molecule has 6 heteroatoms. The molecule has 1 aliphatic rings. The quantitative estimate of drug-likeness (QED) is 0.788. The molecule has 22 heavy (non-hydrogen) atoms. The highest BCUT2D eigenvalue weighted by Crippen LogP contribution is 2.25. The smallest absolute Gasteiger partial charge is 0.221 e. The van der Waals surface area contributed by atoms with Crippen LogP contribution in [0, 0.1) is 0 Å². The normalized spacial score (nSPS) is 15.4. The van der Waals surface area contributed by atoms with E-state index in [1.54, 1.807) is 12.1 Å². The van der Waals surface area contributed by atoms with Crippen molar-refractivity contribution in [3.05, 3.63) is 29.3 Å². The van der Waals surface area contributed by atoms with E-state index in [1.807, 2.05) is 13.0 Å². The molecule has 0 saturated carbocycles. The molecule has 122 valence electrons. The fourth-order valence-electron chi connectivity index (χ4n) is 2.61. The van der Waals surface area contributed by atoms with Gasteiger partial charge in [-0.3, -0.25) is 4.79 Å². The number of carbonyl (C=O) groups is 1. The number of nitrogens with one attached hydrogen (secondary N) is 1. The first-order chi connectivity index (χ1) is 10.4. The minimum atomic E-state index is -3.40. The Morgan fingerprint density at radius 3 is 2.77 bits per heavy atom. The highest BCUT2D eigenvalue weighted by molar-refractivity contribution is 7.91. The minimum Gasteiger partial charge on any atom is -0.356 e. The summed E-state index contributed by atoms with van der Waals surface area (Å²) in [6, 6.07) is 5.35. The van der Waals surface area contributed by atoms with E-state index in [-0.39, 0.29) is 24.1 Å². The fourth-order valence-corrected chi connectivity index (χ4v) is 3.90. The Bertz CT molecular complexity index is 639. The molecule has 1 amide bonds. The molecule has 2 rings (SSSR count). The Balaban J connectivity index is 1.90. The first-order valence-electron chi connectivity index (χ1n) is 7.75. The maximum Gasteiger partial charge on any atom is 0.221 e. The molecule has 3 N–H and O–H groups in total. The number of nitrogens with two attached hydrogens (primary N) is 1. The summed E-state index contributed by atoms with van der Waals surface area (Å²) in [6.07, 6.45) is 3.72. The molecule has 1 atom stereocenters. The van der Waals surface area contributed by atoms with Crippen LogP contribution in [0.3, 0.4) is 0 Å². The molecular formula is C16H24N2O3S. The van der Waals surface area contributed by atoms with Crippen molar-refractivity contribution in [1.82, 2.24) is 5.32 Å². The van der Waals surface area contributed by atoms with Gasteiger partial charge in [0.2, 0.25) is 5.91 Å². The number of amides is 1. The zero-order chi connectivity index (χ0) is 16.2. The molecule has 0 radical (unpaired) electrons. The predicted octanol–water partition coefficient (Wildman–Crippen LogP) is 1.19. The van der Waals surface area contributed by atoms with E-state index in [9.17, 15) is 13.2 Å². The minimum absolute atomic E-state index is 0.0155. The number of rotatable bonds is 7. The second-order valence-corrected chi connectivity index (χ2v) is 8.08. The third-order valence-electron chi connectivity index (χ3n) is 3.95. The number of carbonyl (C=O) groups excluding carboxylic acids is 1. The maximum absolute atomic E-state index is 12.3. The lowest BCUT2D eigenvalue weighted by molar-refractivity contribution is -0.120. The lowest BCUT2D eigenvalue weighted by atomic mass is 10.1. The van der Waals surface area contributed by atoms with Crippen molar-refractivity contribution >= 4 is 15.7 Å². The maximum atomic E-state index is 12.3. The number of hydrogen-bond acceptors (Lipinski definition) is 4. The number of fused-ring (bicyclic) bond motifs is 1. The van der Waals surface area contributed by atoms with E-state index in [2.05, 4.69) is 5.32 Å². The summed E-state index contributed by atoms with van der Waals surface area (Å²) in [5.74, 6) is -0.402. The van der Waals surface area contributed by atoms with Crippen molar-refractivity contribution in [1.29, 1.82) is 0 Å². The average Bonchev–Trinajstić information content (AvgIpc) is 2.92. The van der Waals surface area contributed by atoms with Gasteiger partial charge in [-0.1, -0.05) is 6.07 Å². The van der Waals surface area contributed by atoms with Gasteiger partial charge in [0.15, 0.2) is 9.84 Å². The van der Waals surface area contributed by atoms with Crippen molar-refractivity contribution in [2.45, 2.75) is 50.0 Å². The molecule has 0 heterocycles. The Morgan fingerprint density at radius 1 is 1.32 bits per heavy atom. The third-order valence-corrected chi connectivity index (χ3v) is 5.66. The summed E-state index contributed by atoms with van der Waals surface area (Å²) < 4.78 is 24.6. The Kier molecular flexibility index (Phi) is 5.58. The standard InChI is InChI=1S/C16H24N2O3S/c1-12(17)7-9-18-16(19)8-10-22(20,21)15-6-5-13-3-2-4-14(13)11-15/h5-6,11-12H,2-4,7-10,17H2,1H3,(H,18,19). The van der Waals surface area contributed by atoms with E-state index in [0.29, 0.717) is 17.9 Å². The van der Waals surface area contributed by atoms with Crippen LogP contribution in [0.1, 0.15) is 37.3 Å².